The third-order valence-corrected chi connectivity index (χ3v) is 4.64. The van der Waals surface area contributed by atoms with E-state index >= 15 is 0 Å². The largest absolute Gasteiger partial charge is 0.346 e. The summed E-state index contributed by atoms with van der Waals surface area (Å²) >= 11 is 0. The van der Waals surface area contributed by atoms with Crippen LogP contribution in [0.4, 0.5) is 4.39 Å². The van der Waals surface area contributed by atoms with E-state index in [1.165, 1.54) is 12.1 Å². The summed E-state index contributed by atoms with van der Waals surface area (Å²) in [6, 6.07) is 14.1. The molecule has 0 spiro atoms. The van der Waals surface area contributed by atoms with Gasteiger partial charge < -0.3 is 10.3 Å². The zero-order valence-electron chi connectivity index (χ0n) is 16.0. The van der Waals surface area contributed by atoms with Crippen LogP contribution in [-0.2, 0) is 11.2 Å². The van der Waals surface area contributed by atoms with Crippen LogP contribution >= 0.6 is 0 Å². The van der Waals surface area contributed by atoms with Gasteiger partial charge in [0.15, 0.2) is 0 Å². The van der Waals surface area contributed by atoms with E-state index in [0.717, 1.165) is 28.8 Å². The van der Waals surface area contributed by atoms with Crippen molar-refractivity contribution in [2.24, 2.45) is 11.8 Å². The van der Waals surface area contributed by atoms with Crippen molar-refractivity contribution in [2.75, 3.05) is 0 Å². The lowest BCUT2D eigenvalue weighted by atomic mass is 9.98. The Kier molecular flexibility index (Phi) is 5.89. The van der Waals surface area contributed by atoms with E-state index in [2.05, 4.69) is 29.1 Å². The molecule has 0 aliphatic rings. The average molecular weight is 367 g/mol. The molecule has 1 heterocycles. The van der Waals surface area contributed by atoms with Crippen LogP contribution in [0.2, 0.25) is 0 Å². The zero-order valence-corrected chi connectivity index (χ0v) is 16.0. The highest BCUT2D eigenvalue weighted by molar-refractivity contribution is 5.79. The summed E-state index contributed by atoms with van der Waals surface area (Å²) in [4.78, 5) is 20.7. The number of halogens is 1. The van der Waals surface area contributed by atoms with Crippen LogP contribution in [0.15, 0.2) is 48.5 Å². The van der Waals surface area contributed by atoms with Gasteiger partial charge in [0.1, 0.15) is 11.6 Å². The molecule has 3 rings (SSSR count). The highest BCUT2D eigenvalue weighted by Gasteiger charge is 2.22. The maximum absolute atomic E-state index is 13.4. The lowest BCUT2D eigenvalue weighted by Crippen LogP contribution is -2.35. The summed E-state index contributed by atoms with van der Waals surface area (Å²) in [5.74, 6) is 0.592. The van der Waals surface area contributed by atoms with Gasteiger partial charge in [-0.3, -0.25) is 4.79 Å². The van der Waals surface area contributed by atoms with Gasteiger partial charge >= 0.3 is 0 Å². The Morgan fingerprint density at radius 3 is 2.63 bits per heavy atom. The molecule has 1 amide bonds. The van der Waals surface area contributed by atoms with Gasteiger partial charge in [0.25, 0.3) is 0 Å². The fourth-order valence-corrected chi connectivity index (χ4v) is 3.27. The molecule has 2 N–H and O–H groups in total. The number of imidazole rings is 1. The molecule has 4 nitrogen and oxygen atoms in total. The van der Waals surface area contributed by atoms with Gasteiger partial charge in [0.05, 0.1) is 17.1 Å². The fraction of sp³-hybridized carbons (Fsp3) is 0.364. The summed E-state index contributed by atoms with van der Waals surface area (Å²) in [6.07, 6.45) is 1.29. The second-order valence-corrected chi connectivity index (χ2v) is 7.57. The number of H-pyrrole nitrogens is 1. The van der Waals surface area contributed by atoms with E-state index in [1.807, 2.05) is 37.3 Å². The van der Waals surface area contributed by atoms with Crippen molar-refractivity contribution in [3.8, 4) is 0 Å². The number of hydrogen-bond donors (Lipinski definition) is 2. The van der Waals surface area contributed by atoms with E-state index in [0.29, 0.717) is 12.3 Å². The monoisotopic (exact) mass is 367 g/mol. The Morgan fingerprint density at radius 2 is 1.93 bits per heavy atom. The summed E-state index contributed by atoms with van der Waals surface area (Å²) in [6.45, 7) is 6.11. The topological polar surface area (TPSA) is 57.8 Å². The number of fused-ring (bicyclic) bond motifs is 1. The molecule has 2 atom stereocenters. The molecule has 2 aromatic carbocycles. The highest BCUT2D eigenvalue weighted by atomic mass is 19.1. The molecule has 0 saturated carbocycles. The molecular weight excluding hydrogens is 341 g/mol. The summed E-state index contributed by atoms with van der Waals surface area (Å²) in [7, 11) is 0. The second-order valence-electron chi connectivity index (χ2n) is 7.57. The van der Waals surface area contributed by atoms with E-state index in [-0.39, 0.29) is 23.7 Å². The highest BCUT2D eigenvalue weighted by Crippen LogP contribution is 2.23. The van der Waals surface area contributed by atoms with Crippen LogP contribution in [0.25, 0.3) is 11.0 Å². The van der Waals surface area contributed by atoms with E-state index in [4.69, 9.17) is 0 Å². The Hall–Kier alpha value is -2.69. The van der Waals surface area contributed by atoms with Crippen LogP contribution in [0, 0.1) is 17.7 Å². The number of nitrogens with one attached hydrogen (secondary N) is 2. The predicted octanol–water partition coefficient (Wildman–Crippen LogP) is 4.78. The van der Waals surface area contributed by atoms with Crippen LogP contribution in [-0.4, -0.2) is 15.9 Å². The lowest BCUT2D eigenvalue weighted by Gasteiger charge is -2.21. The van der Waals surface area contributed by atoms with Gasteiger partial charge in [-0.05, 0) is 48.6 Å². The van der Waals surface area contributed by atoms with Crippen molar-refractivity contribution in [3.63, 3.8) is 0 Å². The van der Waals surface area contributed by atoms with Crippen molar-refractivity contribution in [2.45, 2.75) is 39.7 Å². The van der Waals surface area contributed by atoms with Crippen molar-refractivity contribution in [3.05, 3.63) is 65.7 Å². The third kappa shape index (κ3) is 4.94. The number of aromatic nitrogens is 2. The van der Waals surface area contributed by atoms with Crippen molar-refractivity contribution >= 4 is 16.9 Å². The number of aromatic amines is 1. The molecule has 3 aromatic rings. The number of nitrogens with zero attached hydrogens (tertiary/aromatic N) is 1. The molecular formula is C22H26FN3O. The number of benzene rings is 2. The summed E-state index contributed by atoms with van der Waals surface area (Å²) < 4.78 is 13.4. The molecule has 2 unspecified atom stereocenters. The third-order valence-electron chi connectivity index (χ3n) is 4.64. The first-order chi connectivity index (χ1) is 12.9. The SMILES string of the molecule is CC(C)CC(NC(=O)C(C)Cc1cccc(F)c1)c1nc2ccccc2[nH]1. The number of hydrogen-bond acceptors (Lipinski definition) is 2. The van der Waals surface area contributed by atoms with Crippen LogP contribution < -0.4 is 5.32 Å². The predicted molar refractivity (Wildman–Crippen MR) is 106 cm³/mol. The molecule has 1 aromatic heterocycles. The Balaban J connectivity index is 1.74. The fourth-order valence-electron chi connectivity index (χ4n) is 3.27. The van der Waals surface area contributed by atoms with Crippen molar-refractivity contribution < 1.29 is 9.18 Å². The zero-order chi connectivity index (χ0) is 19.4. The first kappa shape index (κ1) is 19.1. The van der Waals surface area contributed by atoms with E-state index < -0.39 is 0 Å². The van der Waals surface area contributed by atoms with Crippen LogP contribution in [0.3, 0.4) is 0 Å². The van der Waals surface area contributed by atoms with Gasteiger partial charge in [-0.2, -0.15) is 0 Å². The standard InChI is InChI=1S/C22H26FN3O/c1-14(2)11-20(21-24-18-9-4-5-10-19(18)25-21)26-22(27)15(3)12-16-7-6-8-17(23)13-16/h4-10,13-15,20H,11-12H2,1-3H3,(H,24,25)(H,26,27). The second kappa shape index (κ2) is 8.33. The molecule has 0 bridgehead atoms. The molecule has 142 valence electrons. The van der Waals surface area contributed by atoms with Gasteiger partial charge in [-0.1, -0.05) is 45.0 Å². The molecule has 0 aliphatic heterocycles. The summed E-state index contributed by atoms with van der Waals surface area (Å²) in [5.41, 5.74) is 2.67. The number of carbonyl (C=O) groups is 1. The molecule has 0 saturated heterocycles. The first-order valence-corrected chi connectivity index (χ1v) is 9.42. The molecule has 0 aliphatic carbocycles. The van der Waals surface area contributed by atoms with Crippen LogP contribution in [0.5, 0.6) is 0 Å². The minimum atomic E-state index is -0.278. The molecule has 0 radical (unpaired) electrons. The van der Waals surface area contributed by atoms with Crippen molar-refractivity contribution in [1.29, 1.82) is 0 Å². The Labute approximate surface area is 159 Å². The number of para-hydroxylation sites is 2. The average Bonchev–Trinajstić information content (AvgIpc) is 3.05. The van der Waals surface area contributed by atoms with E-state index in [9.17, 15) is 9.18 Å². The number of carbonyl (C=O) groups excluding carboxylic acids is 1. The number of amides is 1. The maximum Gasteiger partial charge on any atom is 0.223 e. The molecule has 5 heteroatoms. The van der Waals surface area contributed by atoms with E-state index in [1.54, 1.807) is 6.07 Å². The molecule has 0 fully saturated rings. The lowest BCUT2D eigenvalue weighted by molar-refractivity contribution is -0.125. The van der Waals surface area contributed by atoms with Gasteiger partial charge in [0, 0.05) is 5.92 Å². The normalized spacial score (nSPS) is 13.7. The Morgan fingerprint density at radius 1 is 1.15 bits per heavy atom. The maximum atomic E-state index is 13.4. The van der Waals surface area contributed by atoms with Gasteiger partial charge in [0.2, 0.25) is 5.91 Å². The van der Waals surface area contributed by atoms with Crippen LogP contribution in [0.1, 0.15) is 44.6 Å². The minimum absolute atomic E-state index is 0.0506. The smallest absolute Gasteiger partial charge is 0.223 e. The van der Waals surface area contributed by atoms with Crippen molar-refractivity contribution in [1.82, 2.24) is 15.3 Å². The Bertz CT molecular complexity index is 886. The number of rotatable bonds is 7. The first-order valence-electron chi connectivity index (χ1n) is 9.42. The summed E-state index contributed by atoms with van der Waals surface area (Å²) in [5, 5.41) is 3.13. The quantitative estimate of drug-likeness (QED) is 0.631. The minimum Gasteiger partial charge on any atom is -0.346 e. The van der Waals surface area contributed by atoms with Gasteiger partial charge in [-0.15, -0.1) is 0 Å². The molecule has 27 heavy (non-hydrogen) atoms. The van der Waals surface area contributed by atoms with Gasteiger partial charge in [-0.25, -0.2) is 9.37 Å².